The van der Waals surface area contributed by atoms with Crippen LogP contribution in [0.15, 0.2) is 34.9 Å². The number of phenols is 1. The molecule has 0 atom stereocenters. The van der Waals surface area contributed by atoms with Crippen LogP contribution in [0.5, 0.6) is 5.75 Å². The molecule has 0 fully saturated rings. The highest BCUT2D eigenvalue weighted by atomic mass is 79.9. The quantitative estimate of drug-likeness (QED) is 0.724. The molecule has 1 aromatic carbocycles. The molecule has 4 nitrogen and oxygen atoms in total. The SMILES string of the molecule is Cc1cnc2nc(-c3cc(Br)ccc3O)[nH]c2c1. The summed E-state index contributed by atoms with van der Waals surface area (Å²) in [4.78, 5) is 11.8. The van der Waals surface area contributed by atoms with Crippen LogP contribution in [0, 0.1) is 6.92 Å². The minimum absolute atomic E-state index is 0.189. The van der Waals surface area contributed by atoms with E-state index in [2.05, 4.69) is 30.9 Å². The lowest BCUT2D eigenvalue weighted by Crippen LogP contribution is -1.81. The van der Waals surface area contributed by atoms with Crippen LogP contribution in [0.1, 0.15) is 5.56 Å². The van der Waals surface area contributed by atoms with Gasteiger partial charge in [0.2, 0.25) is 0 Å². The first-order valence-electron chi connectivity index (χ1n) is 5.45. The largest absolute Gasteiger partial charge is 0.507 e. The molecule has 3 aromatic rings. The Labute approximate surface area is 112 Å². The van der Waals surface area contributed by atoms with Crippen LogP contribution in [0.4, 0.5) is 0 Å². The van der Waals surface area contributed by atoms with Crippen LogP contribution in [-0.2, 0) is 0 Å². The predicted octanol–water partition coefficient (Wildman–Crippen LogP) is 3.40. The lowest BCUT2D eigenvalue weighted by molar-refractivity contribution is 0.477. The van der Waals surface area contributed by atoms with Crippen molar-refractivity contribution < 1.29 is 5.11 Å². The smallest absolute Gasteiger partial charge is 0.178 e. The molecule has 3 rings (SSSR count). The van der Waals surface area contributed by atoms with E-state index in [-0.39, 0.29) is 5.75 Å². The van der Waals surface area contributed by atoms with E-state index in [9.17, 15) is 5.11 Å². The molecule has 90 valence electrons. The van der Waals surface area contributed by atoms with Crippen molar-refractivity contribution in [3.8, 4) is 17.1 Å². The maximum absolute atomic E-state index is 9.87. The Morgan fingerprint density at radius 2 is 2.11 bits per heavy atom. The van der Waals surface area contributed by atoms with Crippen LogP contribution in [0.25, 0.3) is 22.6 Å². The summed E-state index contributed by atoms with van der Waals surface area (Å²) in [6, 6.07) is 7.21. The summed E-state index contributed by atoms with van der Waals surface area (Å²) in [5, 5.41) is 9.87. The third-order valence-electron chi connectivity index (χ3n) is 2.69. The lowest BCUT2D eigenvalue weighted by Gasteiger charge is -2.01. The Morgan fingerprint density at radius 3 is 2.94 bits per heavy atom. The second-order valence-electron chi connectivity index (χ2n) is 4.13. The van der Waals surface area contributed by atoms with Gasteiger partial charge < -0.3 is 10.1 Å². The number of aryl methyl sites for hydroxylation is 1. The van der Waals surface area contributed by atoms with E-state index in [1.807, 2.05) is 19.1 Å². The van der Waals surface area contributed by atoms with Crippen LogP contribution in [-0.4, -0.2) is 20.1 Å². The third-order valence-corrected chi connectivity index (χ3v) is 3.18. The average Bonchev–Trinajstić information content (AvgIpc) is 2.74. The van der Waals surface area contributed by atoms with E-state index in [0.29, 0.717) is 17.0 Å². The molecule has 0 radical (unpaired) electrons. The summed E-state index contributed by atoms with van der Waals surface area (Å²) in [7, 11) is 0. The van der Waals surface area contributed by atoms with E-state index < -0.39 is 0 Å². The summed E-state index contributed by atoms with van der Waals surface area (Å²) in [6.07, 6.45) is 1.77. The summed E-state index contributed by atoms with van der Waals surface area (Å²) < 4.78 is 0.889. The average molecular weight is 304 g/mol. The number of phenolic OH excluding ortho intramolecular Hbond substituents is 1. The lowest BCUT2D eigenvalue weighted by atomic mass is 10.2. The number of nitrogens with zero attached hydrogens (tertiary/aromatic N) is 2. The van der Waals surface area contributed by atoms with Crippen molar-refractivity contribution in [2.45, 2.75) is 6.92 Å². The minimum Gasteiger partial charge on any atom is -0.507 e. The van der Waals surface area contributed by atoms with E-state index >= 15 is 0 Å². The second-order valence-corrected chi connectivity index (χ2v) is 5.05. The number of H-pyrrole nitrogens is 1. The van der Waals surface area contributed by atoms with Gasteiger partial charge in [-0.25, -0.2) is 9.97 Å². The van der Waals surface area contributed by atoms with Gasteiger partial charge in [-0.15, -0.1) is 0 Å². The molecule has 18 heavy (non-hydrogen) atoms. The molecule has 0 amide bonds. The molecule has 0 aliphatic rings. The van der Waals surface area contributed by atoms with Crippen molar-refractivity contribution in [3.63, 3.8) is 0 Å². The molecular weight excluding hydrogens is 294 g/mol. The number of aromatic amines is 1. The number of benzene rings is 1. The number of nitrogens with one attached hydrogen (secondary N) is 1. The molecule has 0 saturated carbocycles. The Morgan fingerprint density at radius 1 is 1.28 bits per heavy atom. The van der Waals surface area contributed by atoms with E-state index in [1.54, 1.807) is 18.3 Å². The number of hydrogen-bond acceptors (Lipinski definition) is 3. The molecule has 2 N–H and O–H groups in total. The Balaban J connectivity index is 2.22. The molecule has 0 unspecified atom stereocenters. The molecule has 5 heteroatoms. The van der Waals surface area contributed by atoms with Crippen LogP contribution < -0.4 is 0 Å². The van der Waals surface area contributed by atoms with Crippen molar-refractivity contribution in [2.24, 2.45) is 0 Å². The number of aromatic nitrogens is 3. The first-order valence-corrected chi connectivity index (χ1v) is 6.24. The highest BCUT2D eigenvalue weighted by Crippen LogP contribution is 2.30. The Bertz CT molecular complexity index is 736. The monoisotopic (exact) mass is 303 g/mol. The summed E-state index contributed by atoms with van der Waals surface area (Å²) >= 11 is 3.38. The molecule has 0 aliphatic carbocycles. The van der Waals surface area contributed by atoms with Crippen LogP contribution in [0.2, 0.25) is 0 Å². The molecule has 2 aromatic heterocycles. The number of hydrogen-bond donors (Lipinski definition) is 2. The van der Waals surface area contributed by atoms with Crippen molar-refractivity contribution in [3.05, 3.63) is 40.5 Å². The fourth-order valence-corrected chi connectivity index (χ4v) is 2.19. The van der Waals surface area contributed by atoms with Gasteiger partial charge in [0.1, 0.15) is 11.6 Å². The van der Waals surface area contributed by atoms with E-state index in [1.165, 1.54) is 0 Å². The second kappa shape index (κ2) is 4.10. The minimum atomic E-state index is 0.189. The van der Waals surface area contributed by atoms with Gasteiger partial charge in [-0.05, 0) is 36.8 Å². The zero-order valence-corrected chi connectivity index (χ0v) is 11.2. The molecule has 0 saturated heterocycles. The van der Waals surface area contributed by atoms with Gasteiger partial charge in [0.05, 0.1) is 11.1 Å². The molecule has 0 aliphatic heterocycles. The van der Waals surface area contributed by atoms with Crippen molar-refractivity contribution in [1.29, 1.82) is 0 Å². The molecule has 0 spiro atoms. The van der Waals surface area contributed by atoms with E-state index in [4.69, 9.17) is 0 Å². The first kappa shape index (κ1) is 11.2. The van der Waals surface area contributed by atoms with Gasteiger partial charge in [0.15, 0.2) is 5.65 Å². The number of fused-ring (bicyclic) bond motifs is 1. The number of imidazole rings is 1. The van der Waals surface area contributed by atoms with Crippen LogP contribution in [0.3, 0.4) is 0 Å². The van der Waals surface area contributed by atoms with Gasteiger partial charge in [0.25, 0.3) is 0 Å². The Hall–Kier alpha value is -1.88. The van der Waals surface area contributed by atoms with Gasteiger partial charge in [-0.3, -0.25) is 0 Å². The number of pyridine rings is 1. The van der Waals surface area contributed by atoms with Crippen molar-refractivity contribution in [1.82, 2.24) is 15.0 Å². The maximum atomic E-state index is 9.87. The number of halogens is 1. The highest BCUT2D eigenvalue weighted by Gasteiger charge is 2.10. The molecule has 2 heterocycles. The summed E-state index contributed by atoms with van der Waals surface area (Å²) in [5.41, 5.74) is 3.23. The van der Waals surface area contributed by atoms with Crippen LogP contribution >= 0.6 is 15.9 Å². The first-order chi connectivity index (χ1) is 8.63. The third kappa shape index (κ3) is 1.86. The van der Waals surface area contributed by atoms with Gasteiger partial charge in [-0.2, -0.15) is 0 Å². The highest BCUT2D eigenvalue weighted by molar-refractivity contribution is 9.10. The number of aromatic hydroxyl groups is 1. The maximum Gasteiger partial charge on any atom is 0.178 e. The van der Waals surface area contributed by atoms with Crippen molar-refractivity contribution >= 4 is 27.1 Å². The normalized spacial score (nSPS) is 11.0. The Kier molecular flexibility index (Phi) is 2.56. The molecular formula is C13H10BrN3O. The topological polar surface area (TPSA) is 61.8 Å². The molecule has 0 bridgehead atoms. The standard InChI is InChI=1S/C13H10BrN3O/c1-7-4-10-13(15-6-7)17-12(16-10)9-5-8(14)2-3-11(9)18/h2-6,18H,1H3,(H,15,16,17). The van der Waals surface area contributed by atoms with Gasteiger partial charge in [0, 0.05) is 10.7 Å². The summed E-state index contributed by atoms with van der Waals surface area (Å²) in [6.45, 7) is 1.98. The zero-order valence-electron chi connectivity index (χ0n) is 9.61. The fraction of sp³-hybridized carbons (Fsp3) is 0.0769. The summed E-state index contributed by atoms with van der Waals surface area (Å²) in [5.74, 6) is 0.802. The fourth-order valence-electron chi connectivity index (χ4n) is 1.83. The zero-order chi connectivity index (χ0) is 12.7. The van der Waals surface area contributed by atoms with Gasteiger partial charge in [-0.1, -0.05) is 15.9 Å². The number of rotatable bonds is 1. The van der Waals surface area contributed by atoms with Gasteiger partial charge >= 0.3 is 0 Å². The predicted molar refractivity (Wildman–Crippen MR) is 73.4 cm³/mol. The van der Waals surface area contributed by atoms with Crippen molar-refractivity contribution in [2.75, 3.05) is 0 Å². The van der Waals surface area contributed by atoms with E-state index in [0.717, 1.165) is 15.6 Å².